The number of likely N-dealkylation sites (tertiary alicyclic amines) is 1. The summed E-state index contributed by atoms with van der Waals surface area (Å²) < 4.78 is 0. The van der Waals surface area contributed by atoms with Gasteiger partial charge in [0.25, 0.3) is 0 Å². The van der Waals surface area contributed by atoms with E-state index in [0.717, 1.165) is 22.3 Å². The van der Waals surface area contributed by atoms with E-state index >= 15 is 0 Å². The van der Waals surface area contributed by atoms with Crippen molar-refractivity contribution in [3.63, 3.8) is 0 Å². The first-order valence-electron chi connectivity index (χ1n) is 9.95. The molecule has 1 aliphatic heterocycles. The molecule has 0 saturated carbocycles. The first-order valence-corrected chi connectivity index (χ1v) is 9.95. The minimum atomic E-state index is -0.915. The Morgan fingerprint density at radius 2 is 1.45 bits per heavy atom. The summed E-state index contributed by atoms with van der Waals surface area (Å²) in [6.45, 7) is 4.37. The molecule has 156 valence electrons. The molecule has 0 amide bonds. The molecular weight excluding hydrogens is 370 g/mol. The highest BCUT2D eigenvalue weighted by Gasteiger charge is 2.56. The quantitative estimate of drug-likeness (QED) is 0.464. The monoisotopic (exact) mass is 399 g/mol. The summed E-state index contributed by atoms with van der Waals surface area (Å²) in [6.07, 6.45) is 0. The van der Waals surface area contributed by atoms with Gasteiger partial charge in [-0.25, -0.2) is 0 Å². The molecular formula is C22H29N3O4. The molecule has 29 heavy (non-hydrogen) atoms. The van der Waals surface area contributed by atoms with Crippen molar-refractivity contribution in [1.82, 2.24) is 10.2 Å². The van der Waals surface area contributed by atoms with Gasteiger partial charge < -0.3 is 15.5 Å². The fraction of sp³-hybridized carbons (Fsp3) is 0.455. The molecule has 0 aliphatic carbocycles. The molecule has 7 nitrogen and oxygen atoms in total. The van der Waals surface area contributed by atoms with Crippen LogP contribution in [0.3, 0.4) is 0 Å². The highest BCUT2D eigenvalue weighted by atomic mass is 16.6. The smallest absolute Gasteiger partial charge is 0.249 e. The van der Waals surface area contributed by atoms with Gasteiger partial charge in [0.05, 0.1) is 25.3 Å². The predicted molar refractivity (Wildman–Crippen MR) is 111 cm³/mol. The average molecular weight is 399 g/mol. The Morgan fingerprint density at radius 1 is 0.931 bits per heavy atom. The molecule has 3 rings (SSSR count). The second kappa shape index (κ2) is 9.45. The van der Waals surface area contributed by atoms with Gasteiger partial charge in [0.15, 0.2) is 0 Å². The van der Waals surface area contributed by atoms with Crippen molar-refractivity contribution in [1.29, 1.82) is 0 Å². The zero-order valence-corrected chi connectivity index (χ0v) is 16.9. The Labute approximate surface area is 171 Å². The van der Waals surface area contributed by atoms with Crippen LogP contribution in [0, 0.1) is 24.0 Å². The lowest BCUT2D eigenvalue weighted by molar-refractivity contribution is -0.529. The fourth-order valence-electron chi connectivity index (χ4n) is 4.38. The standard InChI is InChI=1S/C22H29N3O4/c1-15-3-7-17(8-4-15)20-19(23-11-13-26)22(25(28)29)21(24(20)12-14-27)18-9-5-16(2)6-10-18/h3-10,19-23,26-27H,11-14H2,1-2H3/t19-,20-,21-,22+/m1/s1. The van der Waals surface area contributed by atoms with Crippen LogP contribution in [0.4, 0.5) is 0 Å². The number of hydrogen-bond acceptors (Lipinski definition) is 6. The SMILES string of the molecule is Cc1ccc([C@@H]2[C@@H](NCCO)[C@H]([N+](=O)[O-])[C@@H](c3ccc(C)cc3)N2CCO)cc1. The molecule has 1 aliphatic rings. The highest BCUT2D eigenvalue weighted by Crippen LogP contribution is 2.45. The summed E-state index contributed by atoms with van der Waals surface area (Å²) in [5.41, 5.74) is 4.02. The topological polar surface area (TPSA) is 98.9 Å². The van der Waals surface area contributed by atoms with Crippen molar-refractivity contribution in [2.75, 3.05) is 26.3 Å². The van der Waals surface area contributed by atoms with E-state index < -0.39 is 18.1 Å². The first-order chi connectivity index (χ1) is 14.0. The fourth-order valence-corrected chi connectivity index (χ4v) is 4.38. The van der Waals surface area contributed by atoms with Gasteiger partial charge >= 0.3 is 0 Å². The van der Waals surface area contributed by atoms with Crippen LogP contribution in [0.2, 0.25) is 0 Å². The van der Waals surface area contributed by atoms with Crippen LogP contribution in [0.25, 0.3) is 0 Å². The normalized spacial score (nSPS) is 24.7. The molecule has 1 saturated heterocycles. The number of nitro groups is 1. The molecule has 4 atom stereocenters. The average Bonchev–Trinajstić information content (AvgIpc) is 3.02. The number of β-amino-alcohol motifs (C(OH)–C–C–N with tert-alkyl or cyclic N) is 1. The maximum atomic E-state index is 12.2. The molecule has 2 aromatic rings. The zero-order valence-electron chi connectivity index (χ0n) is 16.9. The minimum absolute atomic E-state index is 0.0954. The van der Waals surface area contributed by atoms with Gasteiger partial charge in [-0.1, -0.05) is 59.7 Å². The van der Waals surface area contributed by atoms with E-state index in [1.165, 1.54) is 0 Å². The molecule has 3 N–H and O–H groups in total. The molecule has 0 bridgehead atoms. The maximum absolute atomic E-state index is 12.2. The summed E-state index contributed by atoms with van der Waals surface area (Å²) in [6, 6.07) is 13.6. The molecule has 7 heteroatoms. The summed E-state index contributed by atoms with van der Waals surface area (Å²) in [7, 11) is 0. The Morgan fingerprint density at radius 3 is 1.90 bits per heavy atom. The second-order valence-electron chi connectivity index (χ2n) is 7.65. The molecule has 0 spiro atoms. The number of aliphatic hydroxyl groups excluding tert-OH is 2. The van der Waals surface area contributed by atoms with Crippen molar-refractivity contribution >= 4 is 0 Å². The lowest BCUT2D eigenvalue weighted by Gasteiger charge is -2.30. The van der Waals surface area contributed by atoms with Crippen molar-refractivity contribution in [3.8, 4) is 0 Å². The van der Waals surface area contributed by atoms with E-state index in [1.807, 2.05) is 67.3 Å². The van der Waals surface area contributed by atoms with E-state index in [-0.39, 0.29) is 30.7 Å². The summed E-state index contributed by atoms with van der Waals surface area (Å²) >= 11 is 0. The molecule has 0 unspecified atom stereocenters. The van der Waals surface area contributed by atoms with E-state index in [0.29, 0.717) is 6.54 Å². The minimum Gasteiger partial charge on any atom is -0.395 e. The third-order valence-electron chi connectivity index (χ3n) is 5.68. The van der Waals surface area contributed by atoms with Gasteiger partial charge in [-0.3, -0.25) is 15.0 Å². The van der Waals surface area contributed by atoms with Crippen molar-refractivity contribution < 1.29 is 15.1 Å². The molecule has 0 radical (unpaired) electrons. The summed E-state index contributed by atoms with van der Waals surface area (Å²) in [4.78, 5) is 14.0. The summed E-state index contributed by atoms with van der Waals surface area (Å²) in [5, 5.41) is 34.5. The van der Waals surface area contributed by atoms with Crippen LogP contribution in [-0.2, 0) is 0 Å². The Hall–Kier alpha value is -2.32. The number of nitrogens with one attached hydrogen (secondary N) is 1. The molecule has 2 aromatic carbocycles. The van der Waals surface area contributed by atoms with Crippen molar-refractivity contribution in [2.45, 2.75) is 38.0 Å². The van der Waals surface area contributed by atoms with E-state index in [1.54, 1.807) is 0 Å². The van der Waals surface area contributed by atoms with Gasteiger partial charge in [0.2, 0.25) is 6.04 Å². The first kappa shape index (κ1) is 21.4. The lowest BCUT2D eigenvalue weighted by atomic mass is 9.94. The van der Waals surface area contributed by atoms with Gasteiger partial charge in [0.1, 0.15) is 6.04 Å². The Kier molecular flexibility index (Phi) is 6.97. The van der Waals surface area contributed by atoms with Crippen LogP contribution in [0.15, 0.2) is 48.5 Å². The van der Waals surface area contributed by atoms with Crippen molar-refractivity contribution in [2.24, 2.45) is 0 Å². The number of aryl methyl sites for hydroxylation is 2. The van der Waals surface area contributed by atoms with Crippen LogP contribution in [0.1, 0.15) is 34.3 Å². The van der Waals surface area contributed by atoms with Crippen LogP contribution < -0.4 is 5.32 Å². The van der Waals surface area contributed by atoms with Gasteiger partial charge in [0, 0.05) is 18.0 Å². The zero-order chi connectivity index (χ0) is 21.0. The third kappa shape index (κ3) is 4.48. The molecule has 1 fully saturated rings. The van der Waals surface area contributed by atoms with Crippen LogP contribution in [0.5, 0.6) is 0 Å². The largest absolute Gasteiger partial charge is 0.395 e. The Bertz CT molecular complexity index is 810. The third-order valence-corrected chi connectivity index (χ3v) is 5.68. The lowest BCUT2D eigenvalue weighted by Crippen LogP contribution is -2.46. The number of aliphatic hydroxyl groups is 2. The Balaban J connectivity index is 2.12. The number of benzene rings is 2. The maximum Gasteiger partial charge on any atom is 0.249 e. The predicted octanol–water partition coefficient (Wildman–Crippen LogP) is 1.99. The van der Waals surface area contributed by atoms with Crippen LogP contribution >= 0.6 is 0 Å². The molecule has 0 aromatic heterocycles. The van der Waals surface area contributed by atoms with Gasteiger partial charge in [-0.05, 0) is 25.0 Å². The van der Waals surface area contributed by atoms with E-state index in [9.17, 15) is 20.3 Å². The molecule has 1 heterocycles. The van der Waals surface area contributed by atoms with Gasteiger partial charge in [-0.2, -0.15) is 0 Å². The second-order valence-corrected chi connectivity index (χ2v) is 7.65. The number of rotatable bonds is 8. The van der Waals surface area contributed by atoms with Crippen molar-refractivity contribution in [3.05, 3.63) is 80.9 Å². The van der Waals surface area contributed by atoms with E-state index in [2.05, 4.69) is 5.32 Å². The number of hydrogen-bond donors (Lipinski definition) is 3. The van der Waals surface area contributed by atoms with Gasteiger partial charge in [-0.15, -0.1) is 0 Å². The van der Waals surface area contributed by atoms with E-state index in [4.69, 9.17) is 0 Å². The van der Waals surface area contributed by atoms with Crippen LogP contribution in [-0.4, -0.2) is 58.4 Å². The summed E-state index contributed by atoms with van der Waals surface area (Å²) in [5.74, 6) is 0. The number of nitrogens with zero attached hydrogens (tertiary/aromatic N) is 2. The highest BCUT2D eigenvalue weighted by molar-refractivity contribution is 5.32.